The van der Waals surface area contributed by atoms with Crippen molar-refractivity contribution in [3.63, 3.8) is 0 Å². The van der Waals surface area contributed by atoms with Crippen LogP contribution < -0.4 is 10.1 Å². The Balaban J connectivity index is 2.11. The van der Waals surface area contributed by atoms with E-state index in [1.165, 1.54) is 18.7 Å². The van der Waals surface area contributed by atoms with Crippen molar-refractivity contribution in [2.75, 3.05) is 7.05 Å². The minimum atomic E-state index is -0.528. The van der Waals surface area contributed by atoms with Crippen molar-refractivity contribution in [1.82, 2.24) is 10.3 Å². The van der Waals surface area contributed by atoms with E-state index in [9.17, 15) is 10.1 Å². The molecule has 2 atom stereocenters. The van der Waals surface area contributed by atoms with Crippen LogP contribution in [0.3, 0.4) is 0 Å². The standard InChI is InChI=1S/C12H16ClN3O3/c1-14-10-4-2-3-5-11(10)19-12-9(13)6-8(7-15-12)16(17)18/h6-7,10-11,14H,2-5H2,1H3. The van der Waals surface area contributed by atoms with E-state index in [0.717, 1.165) is 19.3 Å². The number of ether oxygens (including phenoxy) is 1. The number of nitro groups is 1. The second-order valence-corrected chi connectivity index (χ2v) is 4.98. The van der Waals surface area contributed by atoms with Gasteiger partial charge in [-0.1, -0.05) is 18.0 Å². The van der Waals surface area contributed by atoms with Gasteiger partial charge >= 0.3 is 0 Å². The van der Waals surface area contributed by atoms with E-state index in [2.05, 4.69) is 10.3 Å². The van der Waals surface area contributed by atoms with Gasteiger partial charge in [0.05, 0.1) is 4.92 Å². The van der Waals surface area contributed by atoms with Crippen LogP contribution in [0.1, 0.15) is 25.7 Å². The molecule has 1 fully saturated rings. The summed E-state index contributed by atoms with van der Waals surface area (Å²) in [5.74, 6) is 0.263. The average molecular weight is 286 g/mol. The third-order valence-corrected chi connectivity index (χ3v) is 3.61. The predicted molar refractivity (Wildman–Crippen MR) is 71.6 cm³/mol. The summed E-state index contributed by atoms with van der Waals surface area (Å²) in [6.07, 6.45) is 5.43. The topological polar surface area (TPSA) is 77.3 Å². The highest BCUT2D eigenvalue weighted by atomic mass is 35.5. The number of hydrogen-bond donors (Lipinski definition) is 1. The van der Waals surface area contributed by atoms with Gasteiger partial charge in [0.15, 0.2) is 0 Å². The molecule has 1 aromatic heterocycles. The third kappa shape index (κ3) is 3.33. The van der Waals surface area contributed by atoms with Crippen molar-refractivity contribution >= 4 is 17.3 Å². The van der Waals surface area contributed by atoms with Crippen LogP contribution in [-0.4, -0.2) is 29.1 Å². The van der Waals surface area contributed by atoms with Gasteiger partial charge in [0, 0.05) is 12.1 Å². The van der Waals surface area contributed by atoms with E-state index in [0.29, 0.717) is 0 Å². The van der Waals surface area contributed by atoms with Gasteiger partial charge < -0.3 is 10.1 Å². The zero-order valence-electron chi connectivity index (χ0n) is 10.6. The summed E-state index contributed by atoms with van der Waals surface area (Å²) in [5.41, 5.74) is -0.133. The van der Waals surface area contributed by atoms with Crippen molar-refractivity contribution in [1.29, 1.82) is 0 Å². The summed E-state index contributed by atoms with van der Waals surface area (Å²) >= 11 is 5.97. The number of nitrogens with one attached hydrogen (secondary N) is 1. The fourth-order valence-electron chi connectivity index (χ4n) is 2.31. The lowest BCUT2D eigenvalue weighted by Crippen LogP contribution is -2.43. The van der Waals surface area contributed by atoms with Gasteiger partial charge in [0.1, 0.15) is 17.3 Å². The van der Waals surface area contributed by atoms with Crippen molar-refractivity contribution in [2.45, 2.75) is 37.8 Å². The van der Waals surface area contributed by atoms with Crippen molar-refractivity contribution in [3.8, 4) is 5.88 Å². The molecule has 6 nitrogen and oxygen atoms in total. The van der Waals surface area contributed by atoms with Crippen LogP contribution in [0.15, 0.2) is 12.3 Å². The molecule has 1 saturated carbocycles. The number of likely N-dealkylation sites (N-methyl/N-ethyl adjacent to an activating group) is 1. The van der Waals surface area contributed by atoms with Crippen molar-refractivity contribution in [3.05, 3.63) is 27.4 Å². The smallest absolute Gasteiger partial charge is 0.289 e. The molecule has 2 unspecified atom stereocenters. The van der Waals surface area contributed by atoms with E-state index in [4.69, 9.17) is 16.3 Å². The van der Waals surface area contributed by atoms with E-state index in [1.54, 1.807) is 0 Å². The summed E-state index contributed by atoms with van der Waals surface area (Å²) < 4.78 is 5.80. The van der Waals surface area contributed by atoms with Crippen LogP contribution in [0.2, 0.25) is 5.02 Å². The van der Waals surface area contributed by atoms with Gasteiger partial charge in [0.2, 0.25) is 5.88 Å². The molecule has 0 aromatic carbocycles. The van der Waals surface area contributed by atoms with Crippen LogP contribution in [0.4, 0.5) is 5.69 Å². The molecule has 104 valence electrons. The third-order valence-electron chi connectivity index (χ3n) is 3.34. The maximum absolute atomic E-state index is 10.6. The normalized spacial score (nSPS) is 23.1. The van der Waals surface area contributed by atoms with Gasteiger partial charge in [-0.05, 0) is 26.3 Å². The second kappa shape index (κ2) is 6.16. The first kappa shape index (κ1) is 14.0. The summed E-state index contributed by atoms with van der Waals surface area (Å²) in [6, 6.07) is 1.53. The minimum absolute atomic E-state index is 0.00482. The Bertz CT molecular complexity index is 470. The first-order chi connectivity index (χ1) is 9.11. The van der Waals surface area contributed by atoms with Crippen LogP contribution in [0, 0.1) is 10.1 Å². The quantitative estimate of drug-likeness (QED) is 0.679. The fraction of sp³-hybridized carbons (Fsp3) is 0.583. The van der Waals surface area contributed by atoms with E-state index >= 15 is 0 Å². The molecule has 0 radical (unpaired) electrons. The molecule has 2 rings (SSSR count). The number of hydrogen-bond acceptors (Lipinski definition) is 5. The Morgan fingerprint density at radius 2 is 2.26 bits per heavy atom. The lowest BCUT2D eigenvalue weighted by molar-refractivity contribution is -0.385. The molecule has 1 aliphatic carbocycles. The highest BCUT2D eigenvalue weighted by molar-refractivity contribution is 6.32. The zero-order valence-corrected chi connectivity index (χ0v) is 11.4. The SMILES string of the molecule is CNC1CCCCC1Oc1ncc([N+](=O)[O-])cc1Cl. The van der Waals surface area contributed by atoms with Gasteiger partial charge in [0.25, 0.3) is 5.69 Å². The fourth-order valence-corrected chi connectivity index (χ4v) is 2.52. The lowest BCUT2D eigenvalue weighted by atomic mass is 9.92. The molecule has 1 aliphatic rings. The molecule has 1 N–H and O–H groups in total. The molecule has 7 heteroatoms. The van der Waals surface area contributed by atoms with E-state index in [1.807, 2.05) is 7.05 Å². The van der Waals surface area contributed by atoms with Crippen LogP contribution >= 0.6 is 11.6 Å². The molecule has 0 spiro atoms. The minimum Gasteiger partial charge on any atom is -0.472 e. The number of halogens is 1. The van der Waals surface area contributed by atoms with Gasteiger partial charge in [-0.15, -0.1) is 0 Å². The largest absolute Gasteiger partial charge is 0.472 e. The molecule has 0 amide bonds. The van der Waals surface area contributed by atoms with Crippen LogP contribution in [0.5, 0.6) is 5.88 Å². The van der Waals surface area contributed by atoms with E-state index < -0.39 is 4.92 Å². The number of nitrogens with zero attached hydrogens (tertiary/aromatic N) is 2. The highest BCUT2D eigenvalue weighted by Gasteiger charge is 2.26. The summed E-state index contributed by atoms with van der Waals surface area (Å²) in [5, 5.41) is 14.0. The molecule has 19 heavy (non-hydrogen) atoms. The van der Waals surface area contributed by atoms with Crippen LogP contribution in [-0.2, 0) is 0 Å². The van der Waals surface area contributed by atoms with E-state index in [-0.39, 0.29) is 28.7 Å². The first-order valence-corrected chi connectivity index (χ1v) is 6.63. The zero-order chi connectivity index (χ0) is 13.8. The van der Waals surface area contributed by atoms with Crippen LogP contribution in [0.25, 0.3) is 0 Å². The van der Waals surface area contributed by atoms with Crippen molar-refractivity contribution < 1.29 is 9.66 Å². The molecular weight excluding hydrogens is 270 g/mol. The molecular formula is C12H16ClN3O3. The van der Waals surface area contributed by atoms with Crippen molar-refractivity contribution in [2.24, 2.45) is 0 Å². The number of rotatable bonds is 4. The van der Waals surface area contributed by atoms with Gasteiger partial charge in [-0.3, -0.25) is 10.1 Å². The summed E-state index contributed by atoms with van der Waals surface area (Å²) in [4.78, 5) is 14.0. The molecule has 0 aliphatic heterocycles. The van der Waals surface area contributed by atoms with Gasteiger partial charge in [-0.25, -0.2) is 4.98 Å². The second-order valence-electron chi connectivity index (χ2n) is 4.57. The predicted octanol–water partition coefficient (Wildman–Crippen LogP) is 2.55. The molecule has 0 bridgehead atoms. The highest BCUT2D eigenvalue weighted by Crippen LogP contribution is 2.29. The summed E-state index contributed by atoms with van der Waals surface area (Å²) in [6.45, 7) is 0. The molecule has 0 saturated heterocycles. The molecule has 1 heterocycles. The average Bonchev–Trinajstić information content (AvgIpc) is 2.41. The Labute approximate surface area is 116 Å². The monoisotopic (exact) mass is 285 g/mol. The molecule has 1 aromatic rings. The van der Waals surface area contributed by atoms with Gasteiger partial charge in [-0.2, -0.15) is 0 Å². The Morgan fingerprint density at radius 1 is 1.53 bits per heavy atom. The number of pyridine rings is 1. The maximum atomic E-state index is 10.6. The number of aromatic nitrogens is 1. The Morgan fingerprint density at radius 3 is 2.89 bits per heavy atom. The Hall–Kier alpha value is -1.40. The lowest BCUT2D eigenvalue weighted by Gasteiger charge is -2.31. The summed E-state index contributed by atoms with van der Waals surface area (Å²) in [7, 11) is 1.90. The maximum Gasteiger partial charge on any atom is 0.289 e. The Kier molecular flexibility index (Phi) is 4.55. The first-order valence-electron chi connectivity index (χ1n) is 6.25.